The van der Waals surface area contributed by atoms with Crippen molar-refractivity contribution in [2.24, 2.45) is 0 Å². The quantitative estimate of drug-likeness (QED) is 0.665. The second kappa shape index (κ2) is 8.82. The van der Waals surface area contributed by atoms with Gasteiger partial charge in [-0.25, -0.2) is 13.2 Å². The van der Waals surface area contributed by atoms with E-state index in [2.05, 4.69) is 5.32 Å². The minimum absolute atomic E-state index is 0.0613. The fraction of sp³-hybridized carbons (Fsp3) is 0.391. The molecule has 1 atom stereocenters. The first-order chi connectivity index (χ1) is 14.9. The molecule has 1 N–H and O–H groups in total. The maximum atomic E-state index is 13.3. The number of sulfonamides is 1. The predicted octanol–water partition coefficient (Wildman–Crippen LogP) is 2.91. The van der Waals surface area contributed by atoms with Gasteiger partial charge in [-0.1, -0.05) is 18.2 Å². The largest absolute Gasteiger partial charge is 0.496 e. The second-order valence-electron chi connectivity index (χ2n) is 8.60. The molecule has 2 aromatic carbocycles. The van der Waals surface area contributed by atoms with Crippen LogP contribution in [0, 0.1) is 0 Å². The number of carbonyl (C=O) groups excluding carboxylic acids is 2. The molecular formula is C23H28N2O6S. The molecule has 9 heteroatoms. The number of rotatable bonds is 6. The molecule has 1 aliphatic rings. The zero-order valence-corrected chi connectivity index (χ0v) is 19.7. The van der Waals surface area contributed by atoms with Crippen molar-refractivity contribution in [3.8, 4) is 5.75 Å². The summed E-state index contributed by atoms with van der Waals surface area (Å²) in [5.74, 6) is -1.15. The average molecular weight is 461 g/mol. The number of methoxy groups -OCH3 is 1. The molecule has 8 nitrogen and oxygen atoms in total. The fourth-order valence-corrected chi connectivity index (χ4v) is 4.97. The summed E-state index contributed by atoms with van der Waals surface area (Å²) < 4.78 is 38.5. The Kier molecular flexibility index (Phi) is 6.50. The summed E-state index contributed by atoms with van der Waals surface area (Å²) in [6, 6.07) is 11.3. The lowest BCUT2D eigenvalue weighted by Crippen LogP contribution is -2.46. The second-order valence-corrected chi connectivity index (χ2v) is 10.5. The number of anilines is 1. The molecule has 1 amide bonds. The van der Waals surface area contributed by atoms with E-state index in [0.29, 0.717) is 18.7 Å². The molecular weight excluding hydrogens is 432 g/mol. The van der Waals surface area contributed by atoms with Crippen LogP contribution in [0.3, 0.4) is 0 Å². The van der Waals surface area contributed by atoms with E-state index in [-0.39, 0.29) is 16.2 Å². The van der Waals surface area contributed by atoms with Gasteiger partial charge in [0.15, 0.2) is 6.10 Å². The predicted molar refractivity (Wildman–Crippen MR) is 120 cm³/mol. The number of hydrogen-bond donors (Lipinski definition) is 1. The van der Waals surface area contributed by atoms with E-state index in [9.17, 15) is 18.0 Å². The third-order valence-electron chi connectivity index (χ3n) is 4.97. The lowest BCUT2D eigenvalue weighted by atomic mass is 10.1. The number of amides is 1. The zero-order chi connectivity index (χ0) is 23.7. The number of esters is 1. The first-order valence-corrected chi connectivity index (χ1v) is 11.7. The topological polar surface area (TPSA) is 102 Å². The molecule has 0 bridgehead atoms. The van der Waals surface area contributed by atoms with E-state index in [4.69, 9.17) is 9.47 Å². The summed E-state index contributed by atoms with van der Waals surface area (Å²) >= 11 is 0. The Bertz CT molecular complexity index is 1140. The first-order valence-electron chi connectivity index (χ1n) is 10.3. The highest BCUT2D eigenvalue weighted by molar-refractivity contribution is 7.92. The van der Waals surface area contributed by atoms with Crippen molar-refractivity contribution in [2.45, 2.75) is 50.7 Å². The van der Waals surface area contributed by atoms with Crippen LogP contribution >= 0.6 is 0 Å². The minimum atomic E-state index is -3.91. The summed E-state index contributed by atoms with van der Waals surface area (Å²) in [5.41, 5.74) is 1.01. The van der Waals surface area contributed by atoms with Crippen molar-refractivity contribution in [3.05, 3.63) is 53.6 Å². The minimum Gasteiger partial charge on any atom is -0.496 e. The van der Waals surface area contributed by atoms with Crippen molar-refractivity contribution < 1.29 is 27.5 Å². The molecule has 0 aromatic heterocycles. The summed E-state index contributed by atoms with van der Waals surface area (Å²) in [6.45, 7) is 7.21. The number of para-hydroxylation sites is 1. The van der Waals surface area contributed by atoms with Crippen LogP contribution in [-0.2, 0) is 26.0 Å². The van der Waals surface area contributed by atoms with E-state index in [1.807, 2.05) is 32.9 Å². The van der Waals surface area contributed by atoms with E-state index >= 15 is 0 Å². The van der Waals surface area contributed by atoms with Gasteiger partial charge in [-0.2, -0.15) is 0 Å². The number of nitrogens with zero attached hydrogens (tertiary/aromatic N) is 1. The summed E-state index contributed by atoms with van der Waals surface area (Å²) in [4.78, 5) is 25.0. The van der Waals surface area contributed by atoms with Crippen LogP contribution in [0.5, 0.6) is 5.75 Å². The van der Waals surface area contributed by atoms with E-state index in [1.165, 1.54) is 36.5 Å². The molecule has 1 unspecified atom stereocenters. The van der Waals surface area contributed by atoms with Crippen molar-refractivity contribution in [3.63, 3.8) is 0 Å². The smallest absolute Gasteiger partial charge is 0.342 e. The SMILES string of the molecule is COc1ccc(S(=O)(=O)N2CCc3ccccc32)cc1C(=O)OC(C)C(=O)NC(C)(C)C. The lowest BCUT2D eigenvalue weighted by Gasteiger charge is -2.23. The Morgan fingerprint density at radius 1 is 1.12 bits per heavy atom. The Morgan fingerprint density at radius 2 is 1.81 bits per heavy atom. The summed E-state index contributed by atoms with van der Waals surface area (Å²) in [6.07, 6.45) is -0.460. The van der Waals surface area contributed by atoms with Crippen LogP contribution in [0.1, 0.15) is 43.6 Å². The molecule has 3 rings (SSSR count). The van der Waals surface area contributed by atoms with Gasteiger partial charge in [0.2, 0.25) is 0 Å². The van der Waals surface area contributed by atoms with E-state index < -0.39 is 33.5 Å². The number of ether oxygens (including phenoxy) is 2. The van der Waals surface area contributed by atoms with Gasteiger partial charge < -0.3 is 14.8 Å². The van der Waals surface area contributed by atoms with Gasteiger partial charge in [-0.3, -0.25) is 9.10 Å². The lowest BCUT2D eigenvalue weighted by molar-refractivity contribution is -0.130. The van der Waals surface area contributed by atoms with Gasteiger partial charge in [0.25, 0.3) is 15.9 Å². The highest BCUT2D eigenvalue weighted by Crippen LogP contribution is 2.34. The molecule has 0 fully saturated rings. The molecule has 0 aliphatic carbocycles. The van der Waals surface area contributed by atoms with Crippen LogP contribution in [0.2, 0.25) is 0 Å². The van der Waals surface area contributed by atoms with E-state index in [1.54, 1.807) is 12.1 Å². The molecule has 0 radical (unpaired) electrons. The fourth-order valence-electron chi connectivity index (χ4n) is 3.44. The number of fused-ring (bicyclic) bond motifs is 1. The summed E-state index contributed by atoms with van der Waals surface area (Å²) in [5, 5.41) is 2.74. The van der Waals surface area contributed by atoms with Crippen LogP contribution in [0.4, 0.5) is 5.69 Å². The van der Waals surface area contributed by atoms with Crippen molar-refractivity contribution in [1.29, 1.82) is 0 Å². The van der Waals surface area contributed by atoms with Crippen LogP contribution in [-0.4, -0.2) is 45.6 Å². The first kappa shape index (κ1) is 23.6. The number of carbonyl (C=O) groups is 2. The molecule has 1 aliphatic heterocycles. The highest BCUT2D eigenvalue weighted by Gasteiger charge is 2.32. The molecule has 2 aromatic rings. The standard InChI is InChI=1S/C23H28N2O6S/c1-15(21(26)24-23(2,3)4)31-22(27)18-14-17(10-11-20(18)30-5)32(28,29)25-13-12-16-8-6-7-9-19(16)25/h6-11,14-15H,12-13H2,1-5H3,(H,24,26). The third-order valence-corrected chi connectivity index (χ3v) is 6.78. The average Bonchev–Trinajstić information content (AvgIpc) is 3.17. The van der Waals surface area contributed by atoms with Crippen LogP contribution < -0.4 is 14.4 Å². The normalized spacial score (nSPS) is 14.5. The number of benzene rings is 2. The molecule has 172 valence electrons. The van der Waals surface area contributed by atoms with Crippen molar-refractivity contribution in [1.82, 2.24) is 5.32 Å². The van der Waals surface area contributed by atoms with E-state index in [0.717, 1.165) is 5.56 Å². The molecule has 0 saturated carbocycles. The number of hydrogen-bond acceptors (Lipinski definition) is 6. The Hall–Kier alpha value is -3.07. The Morgan fingerprint density at radius 3 is 2.47 bits per heavy atom. The maximum Gasteiger partial charge on any atom is 0.342 e. The van der Waals surface area contributed by atoms with Gasteiger partial charge in [-0.05, 0) is 63.9 Å². The van der Waals surface area contributed by atoms with Gasteiger partial charge in [0, 0.05) is 12.1 Å². The van der Waals surface area contributed by atoms with Gasteiger partial charge in [0.1, 0.15) is 11.3 Å². The van der Waals surface area contributed by atoms with Gasteiger partial charge in [0.05, 0.1) is 17.7 Å². The number of nitrogens with one attached hydrogen (secondary N) is 1. The van der Waals surface area contributed by atoms with Crippen LogP contribution in [0.15, 0.2) is 47.4 Å². The zero-order valence-electron chi connectivity index (χ0n) is 18.8. The Labute approximate surface area is 188 Å². The molecule has 0 saturated heterocycles. The third kappa shape index (κ3) is 4.88. The highest BCUT2D eigenvalue weighted by atomic mass is 32.2. The van der Waals surface area contributed by atoms with Gasteiger partial charge in [-0.15, -0.1) is 0 Å². The molecule has 0 spiro atoms. The Balaban J connectivity index is 1.89. The molecule has 1 heterocycles. The van der Waals surface area contributed by atoms with Crippen molar-refractivity contribution in [2.75, 3.05) is 18.0 Å². The molecule has 32 heavy (non-hydrogen) atoms. The maximum absolute atomic E-state index is 13.3. The van der Waals surface area contributed by atoms with Crippen molar-refractivity contribution >= 4 is 27.6 Å². The monoisotopic (exact) mass is 460 g/mol. The van der Waals surface area contributed by atoms with Gasteiger partial charge >= 0.3 is 5.97 Å². The summed E-state index contributed by atoms with van der Waals surface area (Å²) in [7, 11) is -2.54. The van der Waals surface area contributed by atoms with Crippen LogP contribution in [0.25, 0.3) is 0 Å².